The predicted molar refractivity (Wildman–Crippen MR) is 102 cm³/mol. The van der Waals surface area contributed by atoms with E-state index in [2.05, 4.69) is 10.0 Å². The zero-order chi connectivity index (χ0) is 18.6. The van der Waals surface area contributed by atoms with Crippen molar-refractivity contribution in [1.29, 1.82) is 0 Å². The van der Waals surface area contributed by atoms with Crippen LogP contribution in [0, 0.1) is 5.92 Å². The van der Waals surface area contributed by atoms with Crippen LogP contribution in [0.4, 0.5) is 5.69 Å². The van der Waals surface area contributed by atoms with Gasteiger partial charge in [0.15, 0.2) is 0 Å². The van der Waals surface area contributed by atoms with Gasteiger partial charge in [-0.3, -0.25) is 9.52 Å². The largest absolute Gasteiger partial charge is 0.338 e. The number of benzene rings is 2. The van der Waals surface area contributed by atoms with Gasteiger partial charge in [0.2, 0.25) is 0 Å². The van der Waals surface area contributed by atoms with Gasteiger partial charge in [-0.1, -0.05) is 18.2 Å². The molecule has 2 N–H and O–H groups in total. The van der Waals surface area contributed by atoms with Gasteiger partial charge >= 0.3 is 0 Å². The number of amides is 1. The third-order valence-electron chi connectivity index (χ3n) is 4.50. The molecule has 1 atom stereocenters. The van der Waals surface area contributed by atoms with E-state index in [9.17, 15) is 13.2 Å². The summed E-state index contributed by atoms with van der Waals surface area (Å²) in [4.78, 5) is 14.6. The van der Waals surface area contributed by atoms with Crippen molar-refractivity contribution in [2.75, 3.05) is 31.4 Å². The Morgan fingerprint density at radius 3 is 2.46 bits per heavy atom. The third kappa shape index (κ3) is 4.23. The first-order valence-corrected chi connectivity index (χ1v) is 10.1. The molecule has 1 amide bonds. The maximum Gasteiger partial charge on any atom is 0.261 e. The summed E-state index contributed by atoms with van der Waals surface area (Å²) in [6.07, 6.45) is 1.00. The topological polar surface area (TPSA) is 78.5 Å². The Balaban J connectivity index is 1.66. The molecule has 26 heavy (non-hydrogen) atoms. The van der Waals surface area contributed by atoms with Crippen molar-refractivity contribution in [1.82, 2.24) is 10.2 Å². The zero-order valence-electron chi connectivity index (χ0n) is 14.7. The summed E-state index contributed by atoms with van der Waals surface area (Å²) in [5, 5.41) is 3.15. The number of nitrogens with one attached hydrogen (secondary N) is 2. The highest BCUT2D eigenvalue weighted by Crippen LogP contribution is 2.20. The van der Waals surface area contributed by atoms with Gasteiger partial charge in [0, 0.05) is 24.3 Å². The van der Waals surface area contributed by atoms with Crippen LogP contribution in [0.5, 0.6) is 0 Å². The van der Waals surface area contributed by atoms with E-state index < -0.39 is 10.0 Å². The van der Waals surface area contributed by atoms with Gasteiger partial charge in [-0.2, -0.15) is 0 Å². The van der Waals surface area contributed by atoms with E-state index >= 15 is 0 Å². The summed E-state index contributed by atoms with van der Waals surface area (Å²) in [6, 6.07) is 14.8. The van der Waals surface area contributed by atoms with Gasteiger partial charge in [-0.25, -0.2) is 8.42 Å². The highest BCUT2D eigenvalue weighted by Gasteiger charge is 2.26. The fourth-order valence-electron chi connectivity index (χ4n) is 3.15. The molecule has 0 bridgehead atoms. The highest BCUT2D eigenvalue weighted by molar-refractivity contribution is 7.92. The fraction of sp³-hybridized carbons (Fsp3) is 0.316. The van der Waals surface area contributed by atoms with Crippen LogP contribution in [0.25, 0.3) is 0 Å². The third-order valence-corrected chi connectivity index (χ3v) is 5.90. The average molecular weight is 373 g/mol. The standard InChI is InChI=1S/C19H23N3O3S/c1-20-13-15-11-12-22(14-15)19(23)16-7-9-17(10-8-16)21-26(24,25)18-5-3-2-4-6-18/h2-10,15,20-21H,11-14H2,1H3. The smallest absolute Gasteiger partial charge is 0.261 e. The molecule has 1 aliphatic heterocycles. The van der Waals surface area contributed by atoms with E-state index in [-0.39, 0.29) is 10.8 Å². The summed E-state index contributed by atoms with van der Waals surface area (Å²) < 4.78 is 27.2. The molecule has 1 saturated heterocycles. The quantitative estimate of drug-likeness (QED) is 0.813. The Morgan fingerprint density at radius 2 is 1.81 bits per heavy atom. The lowest BCUT2D eigenvalue weighted by molar-refractivity contribution is 0.0787. The number of carbonyl (C=O) groups excluding carboxylic acids is 1. The second-order valence-electron chi connectivity index (χ2n) is 6.46. The zero-order valence-corrected chi connectivity index (χ0v) is 15.5. The molecule has 138 valence electrons. The van der Waals surface area contributed by atoms with E-state index in [4.69, 9.17) is 0 Å². The van der Waals surface area contributed by atoms with E-state index in [0.29, 0.717) is 17.2 Å². The second-order valence-corrected chi connectivity index (χ2v) is 8.14. The Morgan fingerprint density at radius 1 is 1.12 bits per heavy atom. The molecular formula is C19H23N3O3S. The first-order valence-electron chi connectivity index (χ1n) is 8.61. The molecule has 1 fully saturated rings. The molecule has 2 aromatic carbocycles. The van der Waals surface area contributed by atoms with E-state index in [1.165, 1.54) is 12.1 Å². The molecule has 1 aliphatic rings. The maximum absolute atomic E-state index is 12.6. The molecule has 2 aromatic rings. The molecule has 1 heterocycles. The highest BCUT2D eigenvalue weighted by atomic mass is 32.2. The van der Waals surface area contributed by atoms with E-state index in [0.717, 1.165) is 26.1 Å². The predicted octanol–water partition coefficient (Wildman–Crippen LogP) is 2.17. The van der Waals surface area contributed by atoms with Crippen molar-refractivity contribution in [3.63, 3.8) is 0 Å². The number of hydrogen-bond acceptors (Lipinski definition) is 4. The minimum absolute atomic E-state index is 0.0129. The first-order chi connectivity index (χ1) is 12.5. The molecule has 6 nitrogen and oxygen atoms in total. The monoisotopic (exact) mass is 373 g/mol. The molecule has 0 aliphatic carbocycles. The molecule has 3 rings (SSSR count). The number of nitrogens with zero attached hydrogens (tertiary/aromatic N) is 1. The maximum atomic E-state index is 12.6. The lowest BCUT2D eigenvalue weighted by Gasteiger charge is -2.17. The lowest BCUT2D eigenvalue weighted by atomic mass is 10.1. The van der Waals surface area contributed by atoms with Gasteiger partial charge in [-0.05, 0) is 62.3 Å². The van der Waals surface area contributed by atoms with Crippen LogP contribution in [0.1, 0.15) is 16.8 Å². The van der Waals surface area contributed by atoms with Crippen LogP contribution < -0.4 is 10.0 Å². The van der Waals surface area contributed by atoms with Crippen molar-refractivity contribution in [2.45, 2.75) is 11.3 Å². The van der Waals surface area contributed by atoms with Crippen molar-refractivity contribution in [3.05, 3.63) is 60.2 Å². The molecule has 0 spiro atoms. The molecule has 1 unspecified atom stereocenters. The van der Waals surface area contributed by atoms with Crippen molar-refractivity contribution < 1.29 is 13.2 Å². The first kappa shape index (κ1) is 18.4. The normalized spacial score (nSPS) is 17.3. The van der Waals surface area contributed by atoms with Gasteiger partial charge in [0.05, 0.1) is 4.90 Å². The summed E-state index contributed by atoms with van der Waals surface area (Å²) in [6.45, 7) is 2.42. The Bertz CT molecular complexity index is 851. The summed E-state index contributed by atoms with van der Waals surface area (Å²) in [7, 11) is -1.71. The Hall–Kier alpha value is -2.38. The van der Waals surface area contributed by atoms with Crippen LogP contribution >= 0.6 is 0 Å². The molecule has 0 radical (unpaired) electrons. The number of likely N-dealkylation sites (tertiary alicyclic amines) is 1. The second kappa shape index (κ2) is 7.88. The van der Waals surface area contributed by atoms with Crippen LogP contribution in [0.2, 0.25) is 0 Å². The van der Waals surface area contributed by atoms with Crippen molar-refractivity contribution in [3.8, 4) is 0 Å². The summed E-state index contributed by atoms with van der Waals surface area (Å²) >= 11 is 0. The van der Waals surface area contributed by atoms with Crippen LogP contribution in [-0.4, -0.2) is 45.9 Å². The van der Waals surface area contributed by atoms with Crippen LogP contribution in [0.3, 0.4) is 0 Å². The molecular weight excluding hydrogens is 350 g/mol. The minimum Gasteiger partial charge on any atom is -0.338 e. The minimum atomic E-state index is -3.63. The fourth-order valence-corrected chi connectivity index (χ4v) is 4.23. The summed E-state index contributed by atoms with van der Waals surface area (Å²) in [5.74, 6) is 0.474. The number of carbonyl (C=O) groups is 1. The van der Waals surface area contributed by atoms with E-state index in [1.807, 2.05) is 11.9 Å². The Kier molecular flexibility index (Phi) is 5.58. The number of rotatable bonds is 6. The summed E-state index contributed by atoms with van der Waals surface area (Å²) in [5.41, 5.74) is 0.998. The van der Waals surface area contributed by atoms with Gasteiger partial charge < -0.3 is 10.2 Å². The van der Waals surface area contributed by atoms with Crippen LogP contribution in [0.15, 0.2) is 59.5 Å². The Labute approximate surface area is 154 Å². The average Bonchev–Trinajstić information content (AvgIpc) is 3.11. The van der Waals surface area contributed by atoms with Gasteiger partial charge in [0.1, 0.15) is 0 Å². The van der Waals surface area contributed by atoms with Crippen LogP contribution in [-0.2, 0) is 10.0 Å². The lowest BCUT2D eigenvalue weighted by Crippen LogP contribution is -2.30. The number of anilines is 1. The van der Waals surface area contributed by atoms with Gasteiger partial charge in [0.25, 0.3) is 15.9 Å². The molecule has 7 heteroatoms. The SMILES string of the molecule is CNCC1CCN(C(=O)c2ccc(NS(=O)(=O)c3ccccc3)cc2)C1. The molecule has 0 aromatic heterocycles. The van der Waals surface area contributed by atoms with E-state index in [1.54, 1.807) is 42.5 Å². The number of hydrogen-bond donors (Lipinski definition) is 2. The van der Waals surface area contributed by atoms with Crippen molar-refractivity contribution in [2.24, 2.45) is 5.92 Å². The van der Waals surface area contributed by atoms with Gasteiger partial charge in [-0.15, -0.1) is 0 Å². The number of sulfonamides is 1. The van der Waals surface area contributed by atoms with Crippen molar-refractivity contribution >= 4 is 21.6 Å². The molecule has 0 saturated carbocycles.